The number of furan rings is 1. The number of nitrogens with zero attached hydrogens (tertiary/aromatic N) is 2. The zero-order valence-electron chi connectivity index (χ0n) is 34.0. The highest BCUT2D eigenvalue weighted by molar-refractivity contribution is 6.11. The van der Waals surface area contributed by atoms with E-state index in [1.165, 1.54) is 62.5 Å². The van der Waals surface area contributed by atoms with Gasteiger partial charge in [0.25, 0.3) is 0 Å². The molecule has 0 atom stereocenters. The summed E-state index contributed by atoms with van der Waals surface area (Å²) in [6, 6.07) is 66.4. The lowest BCUT2D eigenvalue weighted by atomic mass is 9.63. The van der Waals surface area contributed by atoms with Crippen molar-refractivity contribution in [3.8, 4) is 27.9 Å². The molecule has 0 spiro atoms. The predicted molar refractivity (Wildman–Crippen MR) is 249 cm³/mol. The van der Waals surface area contributed by atoms with Crippen LogP contribution in [-0.2, 0) is 10.8 Å². The topological polar surface area (TPSA) is 21.3 Å². The molecular weight excluding hydrogens is 717 g/mol. The van der Waals surface area contributed by atoms with Crippen molar-refractivity contribution in [2.24, 2.45) is 0 Å². The number of aromatic nitrogens is 1. The van der Waals surface area contributed by atoms with Crippen LogP contribution in [0.3, 0.4) is 0 Å². The number of rotatable bonds is 6. The molecule has 10 aromatic rings. The Morgan fingerprint density at radius 1 is 0.407 bits per heavy atom. The molecule has 11 rings (SSSR count). The van der Waals surface area contributed by atoms with Crippen LogP contribution in [0.25, 0.3) is 71.7 Å². The van der Waals surface area contributed by atoms with Gasteiger partial charge in [-0.15, -0.1) is 0 Å². The average Bonchev–Trinajstić information content (AvgIpc) is 3.81. The van der Waals surface area contributed by atoms with E-state index in [9.17, 15) is 0 Å². The Morgan fingerprint density at radius 3 is 1.73 bits per heavy atom. The molecule has 2 aromatic heterocycles. The van der Waals surface area contributed by atoms with Gasteiger partial charge in [-0.05, 0) is 118 Å². The molecule has 0 saturated carbocycles. The molecule has 3 heteroatoms. The summed E-state index contributed by atoms with van der Waals surface area (Å²) in [6.45, 7) is 9.60. The smallest absolute Gasteiger partial charge is 0.137 e. The summed E-state index contributed by atoms with van der Waals surface area (Å²) < 4.78 is 8.86. The van der Waals surface area contributed by atoms with Gasteiger partial charge in [-0.2, -0.15) is 0 Å². The third kappa shape index (κ3) is 5.87. The molecule has 3 nitrogen and oxygen atoms in total. The van der Waals surface area contributed by atoms with Crippen LogP contribution in [0.2, 0.25) is 0 Å². The lowest BCUT2D eigenvalue weighted by Gasteiger charge is -2.42. The molecule has 0 saturated heterocycles. The number of benzene rings is 8. The number of hydrogen-bond acceptors (Lipinski definition) is 2. The Morgan fingerprint density at radius 2 is 0.949 bits per heavy atom. The van der Waals surface area contributed by atoms with Crippen molar-refractivity contribution in [1.29, 1.82) is 0 Å². The molecule has 59 heavy (non-hydrogen) atoms. The highest BCUT2D eigenvalue weighted by Crippen LogP contribution is 2.47. The van der Waals surface area contributed by atoms with Crippen molar-refractivity contribution < 1.29 is 4.42 Å². The zero-order chi connectivity index (χ0) is 39.9. The first-order chi connectivity index (χ1) is 28.7. The van der Waals surface area contributed by atoms with Gasteiger partial charge in [-0.25, -0.2) is 0 Å². The van der Waals surface area contributed by atoms with Gasteiger partial charge in [0.2, 0.25) is 0 Å². The van der Waals surface area contributed by atoms with Crippen molar-refractivity contribution in [3.63, 3.8) is 0 Å². The summed E-state index contributed by atoms with van der Waals surface area (Å²) in [7, 11) is 0. The van der Waals surface area contributed by atoms with E-state index in [0.717, 1.165) is 50.2 Å². The normalized spacial score (nSPS) is 14.6. The fourth-order valence-corrected chi connectivity index (χ4v) is 9.68. The van der Waals surface area contributed by atoms with Gasteiger partial charge in [0.1, 0.15) is 11.2 Å². The molecule has 1 aliphatic rings. The summed E-state index contributed by atoms with van der Waals surface area (Å²) in [5, 5.41) is 4.70. The molecular formula is C56H46N2O. The number of hydrogen-bond donors (Lipinski definition) is 0. The lowest BCUT2D eigenvalue weighted by Crippen LogP contribution is -2.33. The fourth-order valence-electron chi connectivity index (χ4n) is 9.68. The molecule has 0 N–H and O–H groups in total. The van der Waals surface area contributed by atoms with Crippen molar-refractivity contribution in [3.05, 3.63) is 193 Å². The van der Waals surface area contributed by atoms with E-state index >= 15 is 0 Å². The van der Waals surface area contributed by atoms with Gasteiger partial charge in [0.05, 0.1) is 11.0 Å². The Kier molecular flexibility index (Phi) is 8.00. The van der Waals surface area contributed by atoms with Crippen LogP contribution in [0.5, 0.6) is 0 Å². The van der Waals surface area contributed by atoms with E-state index in [1.807, 2.05) is 12.1 Å². The second-order valence-corrected chi connectivity index (χ2v) is 17.7. The van der Waals surface area contributed by atoms with E-state index in [1.54, 1.807) is 0 Å². The molecule has 0 radical (unpaired) electrons. The first kappa shape index (κ1) is 35.3. The molecule has 2 heterocycles. The van der Waals surface area contributed by atoms with Crippen LogP contribution in [-0.4, -0.2) is 4.57 Å². The standard InChI is InChI=1S/C56H46N2O/c1-55(2)32-33-56(3,4)50-34-40(22-31-49(50)55)39-20-25-42(26-21-39)58-51-16-10-8-14-45(51)46-29-27-43(35-52(46)58)57(41-23-18-38(19-24-41)37-12-6-5-7-13-37)44-28-30-48-47-15-9-11-17-53(47)59-54(48)36-44/h5-31,34-36H,32-33H2,1-4H3. The van der Waals surface area contributed by atoms with Crippen molar-refractivity contribution in [2.75, 3.05) is 4.90 Å². The van der Waals surface area contributed by atoms with Crippen molar-refractivity contribution in [1.82, 2.24) is 4.57 Å². The summed E-state index contributed by atoms with van der Waals surface area (Å²) in [5.74, 6) is 0. The lowest BCUT2D eigenvalue weighted by molar-refractivity contribution is 0.332. The van der Waals surface area contributed by atoms with Gasteiger partial charge in [0.15, 0.2) is 0 Å². The minimum Gasteiger partial charge on any atom is -0.456 e. The molecule has 0 bridgehead atoms. The third-order valence-corrected chi connectivity index (χ3v) is 13.1. The van der Waals surface area contributed by atoms with E-state index in [-0.39, 0.29) is 10.8 Å². The second-order valence-electron chi connectivity index (χ2n) is 17.7. The SMILES string of the molecule is CC1(C)CCC(C)(C)c2cc(-c3ccc(-n4c5ccccc5c5ccc(N(c6ccc(-c7ccccc7)cc6)c6ccc7c(c6)oc6ccccc67)cc54)cc3)ccc21. The van der Waals surface area contributed by atoms with Gasteiger partial charge < -0.3 is 13.9 Å². The Labute approximate surface area is 345 Å². The minimum atomic E-state index is 0.164. The number of fused-ring (bicyclic) bond motifs is 7. The molecule has 0 amide bonds. The minimum absolute atomic E-state index is 0.164. The summed E-state index contributed by atoms with van der Waals surface area (Å²) in [4.78, 5) is 2.35. The van der Waals surface area contributed by atoms with Crippen molar-refractivity contribution >= 4 is 60.8 Å². The van der Waals surface area contributed by atoms with Crippen molar-refractivity contribution in [2.45, 2.75) is 51.4 Å². The number of anilines is 3. The predicted octanol–water partition coefficient (Wildman–Crippen LogP) is 15.8. The monoisotopic (exact) mass is 762 g/mol. The van der Waals surface area contributed by atoms with Crippen LogP contribution in [0.15, 0.2) is 186 Å². The second kappa shape index (κ2) is 13.4. The van der Waals surface area contributed by atoms with E-state index < -0.39 is 0 Å². The molecule has 0 unspecified atom stereocenters. The maximum absolute atomic E-state index is 6.44. The van der Waals surface area contributed by atoms with Gasteiger partial charge in [0, 0.05) is 50.4 Å². The van der Waals surface area contributed by atoms with E-state index in [2.05, 4.69) is 207 Å². The highest BCUT2D eigenvalue weighted by atomic mass is 16.3. The Bertz CT molecular complexity index is 3200. The average molecular weight is 763 g/mol. The Balaban J connectivity index is 1.05. The number of para-hydroxylation sites is 2. The molecule has 0 aliphatic heterocycles. The maximum Gasteiger partial charge on any atom is 0.137 e. The van der Waals surface area contributed by atoms with E-state index in [0.29, 0.717) is 0 Å². The highest BCUT2D eigenvalue weighted by Gasteiger charge is 2.37. The molecule has 1 aliphatic carbocycles. The van der Waals surface area contributed by atoms with Crippen LogP contribution in [0.1, 0.15) is 51.7 Å². The van der Waals surface area contributed by atoms with Crippen LogP contribution < -0.4 is 4.90 Å². The van der Waals surface area contributed by atoms with Gasteiger partial charge in [-0.1, -0.05) is 143 Å². The van der Waals surface area contributed by atoms with E-state index in [4.69, 9.17) is 4.42 Å². The summed E-state index contributed by atoms with van der Waals surface area (Å²) in [5.41, 5.74) is 16.7. The first-order valence-corrected chi connectivity index (χ1v) is 20.9. The summed E-state index contributed by atoms with van der Waals surface area (Å²) in [6.07, 6.45) is 2.42. The fraction of sp³-hybridized carbons (Fsp3) is 0.143. The van der Waals surface area contributed by atoms with Gasteiger partial charge in [-0.3, -0.25) is 0 Å². The molecule has 8 aromatic carbocycles. The quantitative estimate of drug-likeness (QED) is 0.168. The van der Waals surface area contributed by atoms with Crippen LogP contribution in [0.4, 0.5) is 17.1 Å². The molecule has 286 valence electrons. The molecule has 0 fully saturated rings. The summed E-state index contributed by atoms with van der Waals surface area (Å²) >= 11 is 0. The third-order valence-electron chi connectivity index (χ3n) is 13.1. The Hall–Kier alpha value is -6.84. The maximum atomic E-state index is 6.44. The van der Waals surface area contributed by atoms with Crippen LogP contribution >= 0.6 is 0 Å². The van der Waals surface area contributed by atoms with Gasteiger partial charge >= 0.3 is 0 Å². The largest absolute Gasteiger partial charge is 0.456 e. The zero-order valence-corrected chi connectivity index (χ0v) is 34.0. The first-order valence-electron chi connectivity index (χ1n) is 20.9. The van der Waals surface area contributed by atoms with Crippen LogP contribution in [0, 0.1) is 0 Å².